The van der Waals surface area contributed by atoms with Crippen molar-refractivity contribution in [1.29, 1.82) is 0 Å². The fourth-order valence-corrected chi connectivity index (χ4v) is 2.60. The molecule has 3 rings (SSSR count). The maximum Gasteiger partial charge on any atom is 0.270 e. The van der Waals surface area contributed by atoms with Crippen LogP contribution in [0.25, 0.3) is 0 Å². The van der Waals surface area contributed by atoms with Gasteiger partial charge in [0, 0.05) is 29.9 Å². The van der Waals surface area contributed by atoms with Crippen molar-refractivity contribution in [1.82, 2.24) is 0 Å². The van der Waals surface area contributed by atoms with E-state index in [1.54, 1.807) is 6.07 Å². The molecule has 0 fully saturated rings. The van der Waals surface area contributed by atoms with Crippen LogP contribution in [-0.2, 0) is 6.42 Å². The molecule has 1 aliphatic rings. The van der Waals surface area contributed by atoms with Gasteiger partial charge in [-0.05, 0) is 30.2 Å². The highest BCUT2D eigenvalue weighted by Crippen LogP contribution is 2.37. The number of fused-ring (bicyclic) bond motifs is 1. The van der Waals surface area contributed by atoms with Gasteiger partial charge in [0.2, 0.25) is 0 Å². The Bertz CT molecular complexity index is 746. The largest absolute Gasteiger partial charge is 0.340 e. The lowest BCUT2D eigenvalue weighted by Gasteiger charge is -2.21. The van der Waals surface area contributed by atoms with Crippen LogP contribution in [0.3, 0.4) is 0 Å². The average molecular weight is 286 g/mol. The molecule has 0 bridgehead atoms. The first-order valence-electron chi connectivity index (χ1n) is 6.40. The molecule has 1 heterocycles. The van der Waals surface area contributed by atoms with Crippen LogP contribution in [0.15, 0.2) is 36.4 Å². The van der Waals surface area contributed by atoms with Crippen LogP contribution >= 0.6 is 0 Å². The van der Waals surface area contributed by atoms with Crippen LogP contribution < -0.4 is 4.90 Å². The van der Waals surface area contributed by atoms with Gasteiger partial charge in [-0.3, -0.25) is 14.9 Å². The molecule has 21 heavy (non-hydrogen) atoms. The van der Waals surface area contributed by atoms with Crippen LogP contribution in [0, 0.1) is 15.9 Å². The monoisotopic (exact) mass is 286 g/mol. The summed E-state index contributed by atoms with van der Waals surface area (Å²) in [5.41, 5.74) is 2.33. The summed E-state index contributed by atoms with van der Waals surface area (Å²) in [4.78, 5) is 23.2. The normalized spacial score (nSPS) is 13.1. The molecule has 1 aliphatic heterocycles. The molecule has 0 spiro atoms. The number of nitrogens with zero attached hydrogens (tertiary/aromatic N) is 2. The molecule has 0 aliphatic carbocycles. The minimum absolute atomic E-state index is 0.139. The molecular weight excluding hydrogens is 275 g/mol. The Morgan fingerprint density at radius 2 is 2.00 bits per heavy atom. The predicted molar refractivity (Wildman–Crippen MR) is 75.6 cm³/mol. The first-order chi connectivity index (χ1) is 10.1. The number of nitro benzene ring substituents is 1. The zero-order chi connectivity index (χ0) is 15.0. The topological polar surface area (TPSA) is 63.4 Å². The first kappa shape index (κ1) is 13.2. The van der Waals surface area contributed by atoms with Crippen LogP contribution in [-0.4, -0.2) is 17.8 Å². The maximum atomic E-state index is 13.4. The quantitative estimate of drug-likeness (QED) is 0.493. The van der Waals surface area contributed by atoms with Gasteiger partial charge in [0.15, 0.2) is 6.29 Å². The van der Waals surface area contributed by atoms with Crippen molar-refractivity contribution in [2.75, 3.05) is 11.4 Å². The lowest BCUT2D eigenvalue weighted by molar-refractivity contribution is -0.384. The molecule has 6 heteroatoms. The van der Waals surface area contributed by atoms with Gasteiger partial charge in [-0.25, -0.2) is 4.39 Å². The van der Waals surface area contributed by atoms with Crippen LogP contribution in [0.2, 0.25) is 0 Å². The fourth-order valence-electron chi connectivity index (χ4n) is 2.60. The number of carbonyl (C=O) groups is 1. The summed E-state index contributed by atoms with van der Waals surface area (Å²) in [6, 6.07) is 8.65. The second kappa shape index (κ2) is 4.97. The van der Waals surface area contributed by atoms with E-state index in [2.05, 4.69) is 0 Å². The lowest BCUT2D eigenvalue weighted by Crippen LogP contribution is -2.15. The number of aldehydes is 1. The fraction of sp³-hybridized carbons (Fsp3) is 0.133. The Balaban J connectivity index is 2.09. The van der Waals surface area contributed by atoms with E-state index in [9.17, 15) is 19.3 Å². The van der Waals surface area contributed by atoms with E-state index in [1.807, 2.05) is 4.90 Å². The SMILES string of the molecule is O=Cc1cc([N+](=O)[O-])ccc1N1CCc2ccc(F)cc21. The molecule has 0 amide bonds. The van der Waals surface area contributed by atoms with Gasteiger partial charge in [0.05, 0.1) is 10.6 Å². The minimum atomic E-state index is -0.547. The summed E-state index contributed by atoms with van der Waals surface area (Å²) >= 11 is 0. The van der Waals surface area contributed by atoms with Gasteiger partial charge in [0.1, 0.15) is 5.82 Å². The molecule has 5 nitrogen and oxygen atoms in total. The summed E-state index contributed by atoms with van der Waals surface area (Å²) in [5.74, 6) is -0.352. The number of carbonyl (C=O) groups excluding carboxylic acids is 1. The van der Waals surface area contributed by atoms with Crippen LogP contribution in [0.5, 0.6) is 0 Å². The van der Waals surface area contributed by atoms with E-state index in [0.717, 1.165) is 12.0 Å². The highest BCUT2D eigenvalue weighted by molar-refractivity contribution is 5.89. The third-order valence-corrected chi connectivity index (χ3v) is 3.58. The number of hydrogen-bond acceptors (Lipinski definition) is 4. The molecule has 2 aromatic carbocycles. The van der Waals surface area contributed by atoms with Gasteiger partial charge in [-0.2, -0.15) is 0 Å². The molecule has 106 valence electrons. The van der Waals surface area contributed by atoms with Gasteiger partial charge in [-0.15, -0.1) is 0 Å². The lowest BCUT2D eigenvalue weighted by atomic mass is 10.1. The zero-order valence-corrected chi connectivity index (χ0v) is 11.0. The van der Waals surface area contributed by atoms with Crippen molar-refractivity contribution in [3.8, 4) is 0 Å². The second-order valence-corrected chi connectivity index (χ2v) is 4.79. The summed E-state index contributed by atoms with van der Waals surface area (Å²) in [6.45, 7) is 0.609. The van der Waals surface area contributed by atoms with Gasteiger partial charge >= 0.3 is 0 Å². The predicted octanol–water partition coefficient (Wildman–Crippen LogP) is 3.24. The first-order valence-corrected chi connectivity index (χ1v) is 6.40. The molecule has 0 saturated carbocycles. The Labute approximate surface area is 119 Å². The van der Waals surface area contributed by atoms with E-state index in [0.29, 0.717) is 24.2 Å². The van der Waals surface area contributed by atoms with E-state index >= 15 is 0 Å². The number of halogens is 1. The van der Waals surface area contributed by atoms with Crippen molar-refractivity contribution < 1.29 is 14.1 Å². The van der Waals surface area contributed by atoms with Crippen molar-refractivity contribution in [3.05, 3.63) is 63.5 Å². The summed E-state index contributed by atoms with van der Waals surface area (Å²) in [6.07, 6.45) is 1.32. The van der Waals surface area contributed by atoms with E-state index in [4.69, 9.17) is 0 Å². The molecule has 0 aromatic heterocycles. The third kappa shape index (κ3) is 2.24. The number of benzene rings is 2. The number of anilines is 2. The highest BCUT2D eigenvalue weighted by atomic mass is 19.1. The van der Waals surface area contributed by atoms with Crippen molar-refractivity contribution in [3.63, 3.8) is 0 Å². The molecule has 0 N–H and O–H groups in total. The van der Waals surface area contributed by atoms with Crippen LogP contribution in [0.1, 0.15) is 15.9 Å². The minimum Gasteiger partial charge on any atom is -0.340 e. The summed E-state index contributed by atoms with van der Waals surface area (Å²) in [7, 11) is 0. The zero-order valence-electron chi connectivity index (χ0n) is 11.0. The number of non-ortho nitro benzene ring substituents is 1. The molecule has 0 radical (unpaired) electrons. The third-order valence-electron chi connectivity index (χ3n) is 3.58. The highest BCUT2D eigenvalue weighted by Gasteiger charge is 2.24. The second-order valence-electron chi connectivity index (χ2n) is 4.79. The van der Waals surface area contributed by atoms with Crippen molar-refractivity contribution in [2.45, 2.75) is 6.42 Å². The van der Waals surface area contributed by atoms with Crippen LogP contribution in [0.4, 0.5) is 21.5 Å². The van der Waals surface area contributed by atoms with E-state index in [1.165, 1.54) is 30.3 Å². The molecular formula is C15H11FN2O3. The van der Waals surface area contributed by atoms with E-state index < -0.39 is 4.92 Å². The Morgan fingerprint density at radius 1 is 1.19 bits per heavy atom. The smallest absolute Gasteiger partial charge is 0.270 e. The number of rotatable bonds is 3. The van der Waals surface area contributed by atoms with E-state index in [-0.39, 0.29) is 17.1 Å². The number of hydrogen-bond donors (Lipinski definition) is 0. The molecule has 0 atom stereocenters. The summed E-state index contributed by atoms with van der Waals surface area (Å²) < 4.78 is 13.4. The van der Waals surface area contributed by atoms with Gasteiger partial charge < -0.3 is 4.90 Å². The van der Waals surface area contributed by atoms with Crippen molar-refractivity contribution >= 4 is 23.3 Å². The maximum absolute atomic E-state index is 13.4. The Kier molecular flexibility index (Phi) is 3.13. The van der Waals surface area contributed by atoms with Gasteiger partial charge in [-0.1, -0.05) is 6.07 Å². The summed E-state index contributed by atoms with van der Waals surface area (Å²) in [5, 5.41) is 10.8. The Morgan fingerprint density at radius 3 is 2.71 bits per heavy atom. The molecule has 2 aromatic rings. The van der Waals surface area contributed by atoms with Crippen molar-refractivity contribution in [2.24, 2.45) is 0 Å². The molecule has 0 unspecified atom stereocenters. The number of nitro groups is 1. The Hall–Kier alpha value is -2.76. The standard InChI is InChI=1S/C15H11FN2O3/c16-12-2-1-10-5-6-17(15(10)8-12)14-4-3-13(18(20)21)7-11(14)9-19/h1-4,7-9H,5-6H2. The molecule has 0 saturated heterocycles. The average Bonchev–Trinajstić information content (AvgIpc) is 2.89. The van der Waals surface area contributed by atoms with Gasteiger partial charge in [0.25, 0.3) is 5.69 Å².